The Kier molecular flexibility index (Phi) is 4.98. The van der Waals surface area contributed by atoms with Gasteiger partial charge in [0.25, 0.3) is 5.91 Å². The van der Waals surface area contributed by atoms with Gasteiger partial charge in [0.15, 0.2) is 5.82 Å². The first-order valence-electron chi connectivity index (χ1n) is 8.87. The van der Waals surface area contributed by atoms with Crippen molar-refractivity contribution in [2.24, 2.45) is 0 Å². The summed E-state index contributed by atoms with van der Waals surface area (Å²) in [6, 6.07) is 7.97. The highest BCUT2D eigenvalue weighted by Gasteiger charge is 2.32. The maximum Gasteiger partial charge on any atom is 0.416 e. The number of pyridine rings is 1. The van der Waals surface area contributed by atoms with Gasteiger partial charge in [-0.3, -0.25) is 4.79 Å². The van der Waals surface area contributed by atoms with Gasteiger partial charge in [0, 0.05) is 18.1 Å². The molecule has 3 heterocycles. The lowest BCUT2D eigenvalue weighted by molar-refractivity contribution is -0.137. The summed E-state index contributed by atoms with van der Waals surface area (Å²) in [6.45, 7) is 0.109. The summed E-state index contributed by atoms with van der Waals surface area (Å²) < 4.78 is 50.0. The van der Waals surface area contributed by atoms with E-state index >= 15 is 0 Å². The molecule has 0 saturated carbocycles. The fourth-order valence-corrected chi connectivity index (χ4v) is 3.05. The fourth-order valence-electron chi connectivity index (χ4n) is 3.05. The van der Waals surface area contributed by atoms with Crippen LogP contribution in [-0.2, 0) is 6.18 Å². The SMILES string of the molecule is COc1ncccc1-c1ncc2c(n1)OCCN(c1cccc(C(F)(F)F)c1)C2=O. The molecular weight excluding hydrogens is 401 g/mol. The van der Waals surface area contributed by atoms with E-state index in [0.717, 1.165) is 12.1 Å². The van der Waals surface area contributed by atoms with Crippen LogP contribution in [-0.4, -0.2) is 41.1 Å². The number of amides is 1. The number of hydrogen-bond donors (Lipinski definition) is 0. The van der Waals surface area contributed by atoms with Crippen LogP contribution >= 0.6 is 0 Å². The maximum absolute atomic E-state index is 13.1. The maximum atomic E-state index is 13.1. The Bertz CT molecular complexity index is 1100. The van der Waals surface area contributed by atoms with Crippen molar-refractivity contribution in [1.29, 1.82) is 0 Å². The molecule has 1 aliphatic heterocycles. The van der Waals surface area contributed by atoms with Crippen LogP contribution < -0.4 is 14.4 Å². The smallest absolute Gasteiger partial charge is 0.416 e. The van der Waals surface area contributed by atoms with E-state index in [1.807, 2.05) is 0 Å². The number of rotatable bonds is 3. The third kappa shape index (κ3) is 3.63. The molecule has 10 heteroatoms. The van der Waals surface area contributed by atoms with Gasteiger partial charge >= 0.3 is 6.18 Å². The highest BCUT2D eigenvalue weighted by atomic mass is 19.4. The Labute approximate surface area is 169 Å². The van der Waals surface area contributed by atoms with Gasteiger partial charge in [-0.15, -0.1) is 0 Å². The quantitative estimate of drug-likeness (QED) is 0.649. The minimum Gasteiger partial charge on any atom is -0.480 e. The highest BCUT2D eigenvalue weighted by Crippen LogP contribution is 2.33. The Morgan fingerprint density at radius 2 is 1.97 bits per heavy atom. The van der Waals surface area contributed by atoms with Crippen molar-refractivity contribution >= 4 is 11.6 Å². The van der Waals surface area contributed by atoms with Gasteiger partial charge in [-0.05, 0) is 30.3 Å². The zero-order valence-electron chi connectivity index (χ0n) is 15.7. The average Bonchev–Trinajstić information content (AvgIpc) is 2.91. The summed E-state index contributed by atoms with van der Waals surface area (Å²) >= 11 is 0. The van der Waals surface area contributed by atoms with Crippen LogP contribution in [0.3, 0.4) is 0 Å². The van der Waals surface area contributed by atoms with Gasteiger partial charge < -0.3 is 14.4 Å². The van der Waals surface area contributed by atoms with Gasteiger partial charge in [0.05, 0.1) is 24.8 Å². The molecule has 0 atom stereocenters. The number of aromatic nitrogens is 3. The Balaban J connectivity index is 1.71. The molecule has 0 unspecified atom stereocenters. The zero-order valence-corrected chi connectivity index (χ0v) is 15.7. The number of methoxy groups -OCH3 is 1. The Morgan fingerprint density at radius 3 is 2.73 bits per heavy atom. The Hall–Kier alpha value is -3.69. The summed E-state index contributed by atoms with van der Waals surface area (Å²) in [4.78, 5) is 26.8. The number of ether oxygens (including phenoxy) is 2. The van der Waals surface area contributed by atoms with E-state index in [1.165, 1.54) is 30.3 Å². The normalized spacial score (nSPS) is 14.0. The second kappa shape index (κ2) is 7.62. The lowest BCUT2D eigenvalue weighted by atomic mass is 10.1. The molecule has 0 aliphatic carbocycles. The van der Waals surface area contributed by atoms with E-state index < -0.39 is 17.6 Å². The number of benzene rings is 1. The summed E-state index contributed by atoms with van der Waals surface area (Å²) in [5, 5.41) is 0. The van der Waals surface area contributed by atoms with E-state index in [-0.39, 0.29) is 36.1 Å². The van der Waals surface area contributed by atoms with Crippen molar-refractivity contribution in [3.63, 3.8) is 0 Å². The van der Waals surface area contributed by atoms with Crippen LogP contribution in [0.1, 0.15) is 15.9 Å². The molecule has 1 aliphatic rings. The van der Waals surface area contributed by atoms with Crippen molar-refractivity contribution in [3.8, 4) is 23.1 Å². The largest absolute Gasteiger partial charge is 0.480 e. The van der Waals surface area contributed by atoms with Crippen LogP contribution in [0.5, 0.6) is 11.8 Å². The molecule has 30 heavy (non-hydrogen) atoms. The summed E-state index contributed by atoms with van der Waals surface area (Å²) in [5.74, 6) is 0.0546. The van der Waals surface area contributed by atoms with Crippen LogP contribution in [0.4, 0.5) is 18.9 Å². The number of carbonyl (C=O) groups is 1. The number of alkyl halides is 3. The van der Waals surface area contributed by atoms with Crippen molar-refractivity contribution in [2.45, 2.75) is 6.18 Å². The van der Waals surface area contributed by atoms with E-state index in [4.69, 9.17) is 9.47 Å². The molecule has 3 aromatic rings. The second-order valence-electron chi connectivity index (χ2n) is 6.33. The molecule has 0 radical (unpaired) electrons. The molecule has 7 nitrogen and oxygen atoms in total. The predicted molar refractivity (Wildman–Crippen MR) is 100 cm³/mol. The first kappa shape index (κ1) is 19.6. The number of hydrogen-bond acceptors (Lipinski definition) is 6. The molecule has 1 aromatic carbocycles. The summed E-state index contributed by atoms with van der Waals surface area (Å²) in [5.41, 5.74) is -0.160. The third-order valence-corrected chi connectivity index (χ3v) is 4.47. The summed E-state index contributed by atoms with van der Waals surface area (Å²) in [6.07, 6.45) is -1.67. The van der Waals surface area contributed by atoms with Crippen LogP contribution in [0.15, 0.2) is 48.8 Å². The van der Waals surface area contributed by atoms with Gasteiger partial charge in [-0.25, -0.2) is 9.97 Å². The third-order valence-electron chi connectivity index (χ3n) is 4.47. The lowest BCUT2D eigenvalue weighted by Gasteiger charge is -2.21. The second-order valence-corrected chi connectivity index (χ2v) is 6.33. The van der Waals surface area contributed by atoms with Gasteiger partial charge in [0.2, 0.25) is 11.8 Å². The number of anilines is 1. The Morgan fingerprint density at radius 1 is 1.13 bits per heavy atom. The number of fused-ring (bicyclic) bond motifs is 1. The van der Waals surface area contributed by atoms with Crippen molar-refractivity contribution in [2.75, 3.05) is 25.2 Å². The van der Waals surface area contributed by atoms with E-state index in [0.29, 0.717) is 11.4 Å². The fraction of sp³-hybridized carbons (Fsp3) is 0.200. The zero-order chi connectivity index (χ0) is 21.3. The van der Waals surface area contributed by atoms with Crippen molar-refractivity contribution < 1.29 is 27.4 Å². The van der Waals surface area contributed by atoms with E-state index in [2.05, 4.69) is 15.0 Å². The van der Waals surface area contributed by atoms with Crippen molar-refractivity contribution in [3.05, 3.63) is 59.9 Å². The first-order chi connectivity index (χ1) is 14.4. The standard InChI is InChI=1S/C20H15F3N4O3/c1-29-17-14(6-3-7-24-17)16-25-11-15-18(26-16)30-9-8-27(19(15)28)13-5-2-4-12(10-13)20(21,22)23/h2-7,10-11H,8-9H2,1H3. The molecule has 0 spiro atoms. The van der Waals surface area contributed by atoms with E-state index in [9.17, 15) is 18.0 Å². The lowest BCUT2D eigenvalue weighted by Crippen LogP contribution is -2.32. The van der Waals surface area contributed by atoms with Crippen LogP contribution in [0, 0.1) is 0 Å². The number of halogens is 3. The molecule has 0 fully saturated rings. The molecule has 4 rings (SSSR count). The molecule has 0 saturated heterocycles. The molecule has 1 amide bonds. The molecule has 0 N–H and O–H groups in total. The van der Waals surface area contributed by atoms with Gasteiger partial charge in [-0.2, -0.15) is 18.2 Å². The summed E-state index contributed by atoms with van der Waals surface area (Å²) in [7, 11) is 1.46. The number of nitrogens with zero attached hydrogens (tertiary/aromatic N) is 4. The molecule has 154 valence electrons. The number of carbonyl (C=O) groups excluding carboxylic acids is 1. The minimum absolute atomic E-state index is 0.0467. The monoisotopic (exact) mass is 416 g/mol. The highest BCUT2D eigenvalue weighted by molar-refractivity contribution is 6.07. The average molecular weight is 416 g/mol. The topological polar surface area (TPSA) is 77.4 Å². The van der Waals surface area contributed by atoms with Crippen LogP contribution in [0.25, 0.3) is 11.4 Å². The van der Waals surface area contributed by atoms with Gasteiger partial charge in [-0.1, -0.05) is 6.07 Å². The van der Waals surface area contributed by atoms with Crippen molar-refractivity contribution in [1.82, 2.24) is 15.0 Å². The first-order valence-corrected chi connectivity index (χ1v) is 8.87. The minimum atomic E-state index is -4.51. The van der Waals surface area contributed by atoms with Gasteiger partial charge in [0.1, 0.15) is 12.2 Å². The predicted octanol–water partition coefficient (Wildman–Crippen LogP) is 3.61. The molecule has 0 bridgehead atoms. The van der Waals surface area contributed by atoms with E-state index in [1.54, 1.807) is 18.3 Å². The van der Waals surface area contributed by atoms with Crippen LogP contribution in [0.2, 0.25) is 0 Å². The molecular formula is C20H15F3N4O3. The molecule has 2 aromatic heterocycles.